The Hall–Kier alpha value is 0.163. The third-order valence-electron chi connectivity index (χ3n) is 3.89. The van der Waals surface area contributed by atoms with E-state index in [2.05, 4.69) is 48.5 Å². The van der Waals surface area contributed by atoms with Gasteiger partial charge in [-0.15, -0.1) is 0 Å². The maximum atomic E-state index is 4.93. The molecule has 2 aromatic rings. The van der Waals surface area contributed by atoms with E-state index < -0.39 is 20.8 Å². The van der Waals surface area contributed by atoms with Crippen molar-refractivity contribution < 1.29 is 20.8 Å². The van der Waals surface area contributed by atoms with Crippen LogP contribution in [-0.2, 0) is 33.7 Å². The molecule has 0 unspecified atom stereocenters. The maximum absolute atomic E-state index is 4.93. The predicted octanol–water partition coefficient (Wildman–Crippen LogP) is 7.02. The third kappa shape index (κ3) is 10.8. The topological polar surface area (TPSA) is 0 Å². The molecule has 0 heterocycles. The van der Waals surface area contributed by atoms with Crippen molar-refractivity contribution in [3.05, 3.63) is 59.7 Å². The van der Waals surface area contributed by atoms with Crippen molar-refractivity contribution in [3.63, 3.8) is 0 Å². The molecule has 0 saturated carbocycles. The van der Waals surface area contributed by atoms with E-state index in [1.54, 1.807) is 0 Å². The minimum Gasteiger partial charge on any atom is -0.213 e. The first-order valence-corrected chi connectivity index (χ1v) is 14.6. The Bertz CT molecular complexity index is 380. The van der Waals surface area contributed by atoms with Crippen LogP contribution in [0.4, 0.5) is 0 Å². The zero-order valence-electron chi connectivity index (χ0n) is 13.2. The van der Waals surface area contributed by atoms with E-state index in [9.17, 15) is 0 Å². The van der Waals surface area contributed by atoms with Crippen LogP contribution in [0.3, 0.4) is 0 Å². The molecule has 0 aliphatic heterocycles. The van der Waals surface area contributed by atoms with Crippen LogP contribution in [0.25, 0.3) is 0 Å². The number of hydrogen-bond acceptors (Lipinski definition) is 0. The van der Waals surface area contributed by atoms with Gasteiger partial charge in [-0.25, -0.2) is 24.3 Å². The van der Waals surface area contributed by atoms with E-state index in [0.29, 0.717) is 0 Å². The van der Waals surface area contributed by atoms with Crippen molar-refractivity contribution in [1.82, 2.24) is 0 Å². The summed E-state index contributed by atoms with van der Waals surface area (Å²) in [7, 11) is 9.87. The molecule has 0 bridgehead atoms. The van der Waals surface area contributed by atoms with Crippen molar-refractivity contribution >= 4 is 17.0 Å². The number of aryl methyl sites for hydroxylation is 2. The summed E-state index contributed by atoms with van der Waals surface area (Å²) in [5, 5.41) is 0. The normalized spacial score (nSPS) is 10.1. The summed E-state index contributed by atoms with van der Waals surface area (Å²) in [6, 6.07) is 17.5. The van der Waals surface area contributed by atoms with Gasteiger partial charge >= 0.3 is 37.9 Å². The minimum atomic E-state index is -0.826. The fourth-order valence-corrected chi connectivity index (χ4v) is 2.70. The van der Waals surface area contributed by atoms with Gasteiger partial charge in [-0.2, -0.15) is 35.4 Å². The van der Waals surface area contributed by atoms with Gasteiger partial charge in [0, 0.05) is 0 Å². The SMILES string of the molecule is [Cl][Zr][Cl].c1cc[c-](CCCCCCCCC[c-]2cccc2)c1. The zero-order chi connectivity index (χ0) is 15.9. The molecule has 0 radical (unpaired) electrons. The van der Waals surface area contributed by atoms with Crippen LogP contribution in [-0.4, -0.2) is 0 Å². The van der Waals surface area contributed by atoms with Crippen LogP contribution in [0.5, 0.6) is 0 Å². The number of unbranched alkanes of at least 4 members (excludes halogenated alkanes) is 6. The number of rotatable bonds is 10. The van der Waals surface area contributed by atoms with Crippen molar-refractivity contribution in [1.29, 1.82) is 0 Å². The van der Waals surface area contributed by atoms with Gasteiger partial charge in [0.1, 0.15) is 0 Å². The molecule has 0 atom stereocenters. The van der Waals surface area contributed by atoms with E-state index in [1.807, 2.05) is 0 Å². The molecule has 0 nitrogen and oxygen atoms in total. The summed E-state index contributed by atoms with van der Waals surface area (Å²) in [4.78, 5) is 0. The summed E-state index contributed by atoms with van der Waals surface area (Å²) in [6.45, 7) is 0. The Labute approximate surface area is 154 Å². The summed E-state index contributed by atoms with van der Waals surface area (Å²) in [6.07, 6.45) is 12.3. The monoisotopic (exact) mass is 414 g/mol. The van der Waals surface area contributed by atoms with E-state index in [0.717, 1.165) is 0 Å². The molecule has 0 spiro atoms. The first-order chi connectivity index (χ1) is 10.9. The predicted molar refractivity (Wildman–Crippen MR) is 95.5 cm³/mol. The van der Waals surface area contributed by atoms with Crippen molar-refractivity contribution in [3.8, 4) is 0 Å². The summed E-state index contributed by atoms with van der Waals surface area (Å²) in [5.41, 5.74) is 3.02. The molecule has 2 rings (SSSR count). The molecular formula is C19H26Cl2Zr-2. The zero-order valence-corrected chi connectivity index (χ0v) is 17.2. The number of hydrogen-bond donors (Lipinski definition) is 0. The third-order valence-corrected chi connectivity index (χ3v) is 3.89. The standard InChI is InChI=1S/C19H26.2ClH.Zr/c1(2-4-6-12-18-14-8-9-15-18)3-5-7-13-19-16-10-11-17-19;;;/h8-11,14-17H,1-7,12-13H2;2*1H;/q-2;;;+2/p-2. The van der Waals surface area contributed by atoms with Crippen LogP contribution < -0.4 is 0 Å². The van der Waals surface area contributed by atoms with Gasteiger partial charge in [-0.05, 0) is 0 Å². The van der Waals surface area contributed by atoms with Crippen LogP contribution >= 0.6 is 17.0 Å². The minimum absolute atomic E-state index is 0.826. The Morgan fingerprint density at radius 3 is 1.14 bits per heavy atom. The molecule has 2 aromatic carbocycles. The first-order valence-electron chi connectivity index (χ1n) is 8.24. The molecule has 3 heteroatoms. The molecule has 0 amide bonds. The summed E-state index contributed by atoms with van der Waals surface area (Å²) < 4.78 is 0. The molecule has 22 heavy (non-hydrogen) atoms. The molecule has 0 N–H and O–H groups in total. The molecule has 0 aliphatic carbocycles. The second kappa shape index (κ2) is 14.7. The Morgan fingerprint density at radius 2 is 0.818 bits per heavy atom. The van der Waals surface area contributed by atoms with Gasteiger partial charge in [0.05, 0.1) is 0 Å². The smallest absolute Gasteiger partial charge is 0.0533 e. The number of halogens is 2. The first kappa shape index (κ1) is 20.2. The van der Waals surface area contributed by atoms with E-state index in [-0.39, 0.29) is 0 Å². The Morgan fingerprint density at radius 1 is 0.545 bits per heavy atom. The van der Waals surface area contributed by atoms with Crippen molar-refractivity contribution in [2.24, 2.45) is 0 Å². The van der Waals surface area contributed by atoms with E-state index >= 15 is 0 Å². The maximum Gasteiger partial charge on any atom is -0.0533 e. The Kier molecular flexibility index (Phi) is 13.5. The van der Waals surface area contributed by atoms with Gasteiger partial charge in [-0.3, -0.25) is 0 Å². The second-order valence-corrected chi connectivity index (χ2v) is 9.36. The fourth-order valence-electron chi connectivity index (χ4n) is 2.70. The molecule has 0 saturated heterocycles. The van der Waals surface area contributed by atoms with Crippen LogP contribution in [0.15, 0.2) is 48.5 Å². The molecule has 0 fully saturated rings. The second-order valence-electron chi connectivity index (χ2n) is 5.63. The summed E-state index contributed by atoms with van der Waals surface area (Å²) >= 11 is -0.826. The Balaban J connectivity index is 0.000000745. The van der Waals surface area contributed by atoms with Gasteiger partial charge in [0.25, 0.3) is 0 Å². The quantitative estimate of drug-likeness (QED) is 0.288. The van der Waals surface area contributed by atoms with E-state index in [4.69, 9.17) is 17.0 Å². The van der Waals surface area contributed by atoms with Gasteiger partial charge in [0.2, 0.25) is 0 Å². The average Bonchev–Trinajstić information content (AvgIpc) is 3.20. The van der Waals surface area contributed by atoms with Gasteiger partial charge in [0.15, 0.2) is 0 Å². The van der Waals surface area contributed by atoms with Crippen LogP contribution in [0.2, 0.25) is 0 Å². The van der Waals surface area contributed by atoms with Gasteiger partial charge < -0.3 is 0 Å². The largest absolute Gasteiger partial charge is 0.213 e. The molecule has 122 valence electrons. The van der Waals surface area contributed by atoms with Gasteiger partial charge in [-0.1, -0.05) is 57.8 Å². The van der Waals surface area contributed by atoms with Crippen LogP contribution in [0.1, 0.15) is 56.1 Å². The molecule has 0 aromatic heterocycles. The van der Waals surface area contributed by atoms with E-state index in [1.165, 1.54) is 68.9 Å². The average molecular weight is 417 g/mol. The van der Waals surface area contributed by atoms with Crippen LogP contribution in [0, 0.1) is 0 Å². The van der Waals surface area contributed by atoms with Crippen molar-refractivity contribution in [2.45, 2.75) is 57.8 Å². The van der Waals surface area contributed by atoms with Crippen molar-refractivity contribution in [2.75, 3.05) is 0 Å². The fraction of sp³-hybridized carbons (Fsp3) is 0.474. The molecular weight excluding hydrogens is 390 g/mol. The summed E-state index contributed by atoms with van der Waals surface area (Å²) in [5.74, 6) is 0. The molecule has 0 aliphatic rings.